The fourth-order valence-electron chi connectivity index (χ4n) is 2.73. The molecule has 0 bridgehead atoms. The molecule has 0 spiro atoms. The Bertz CT molecular complexity index is 185. The Labute approximate surface area is 94.7 Å². The van der Waals surface area contributed by atoms with Crippen LogP contribution in [0.5, 0.6) is 0 Å². The lowest BCUT2D eigenvalue weighted by molar-refractivity contribution is 0.0122. The van der Waals surface area contributed by atoms with E-state index >= 15 is 0 Å². The van der Waals surface area contributed by atoms with Crippen LogP contribution in [0.4, 0.5) is 0 Å². The fourth-order valence-corrected chi connectivity index (χ4v) is 2.73. The van der Waals surface area contributed by atoms with E-state index in [2.05, 4.69) is 18.7 Å². The lowest BCUT2D eigenvalue weighted by Gasteiger charge is -2.38. The molecule has 90 valence electrons. The second-order valence-corrected chi connectivity index (χ2v) is 5.80. The van der Waals surface area contributed by atoms with Crippen molar-refractivity contribution in [3.63, 3.8) is 0 Å². The summed E-state index contributed by atoms with van der Waals surface area (Å²) in [6.07, 6.45) is 5.36. The quantitative estimate of drug-likeness (QED) is 0.776. The van der Waals surface area contributed by atoms with E-state index in [-0.39, 0.29) is 0 Å². The van der Waals surface area contributed by atoms with Gasteiger partial charge in [0.15, 0.2) is 0 Å². The summed E-state index contributed by atoms with van der Waals surface area (Å²) in [6, 6.07) is 0.699. The van der Waals surface area contributed by atoms with Crippen LogP contribution >= 0.6 is 0 Å². The first-order valence-electron chi connectivity index (χ1n) is 6.39. The van der Waals surface area contributed by atoms with Crippen LogP contribution in [0.1, 0.15) is 53.4 Å². The molecule has 0 aliphatic heterocycles. The van der Waals surface area contributed by atoms with Gasteiger partial charge in [0, 0.05) is 12.6 Å². The maximum atomic E-state index is 9.87. The van der Waals surface area contributed by atoms with Crippen molar-refractivity contribution in [1.82, 2.24) is 4.90 Å². The number of nitrogens with zero attached hydrogens (tertiary/aromatic N) is 1. The molecule has 0 heterocycles. The van der Waals surface area contributed by atoms with Crippen LogP contribution in [0, 0.1) is 5.92 Å². The number of rotatable bonds is 4. The molecule has 15 heavy (non-hydrogen) atoms. The number of likely N-dealkylation sites (N-methyl/N-ethyl adjacent to an activating group) is 1. The Balaban J connectivity index is 2.50. The van der Waals surface area contributed by atoms with Crippen LogP contribution in [0.25, 0.3) is 0 Å². The van der Waals surface area contributed by atoms with Gasteiger partial charge in [0.25, 0.3) is 0 Å². The molecule has 1 saturated carbocycles. The summed E-state index contributed by atoms with van der Waals surface area (Å²) in [5.74, 6) is 0.861. The minimum atomic E-state index is -0.559. The molecule has 1 rings (SSSR count). The van der Waals surface area contributed by atoms with Crippen LogP contribution in [0.3, 0.4) is 0 Å². The van der Waals surface area contributed by atoms with E-state index in [1.54, 1.807) is 0 Å². The summed E-state index contributed by atoms with van der Waals surface area (Å²) in [6.45, 7) is 10.2. The second-order valence-electron chi connectivity index (χ2n) is 5.80. The molecule has 2 heteroatoms. The zero-order chi connectivity index (χ0) is 11.5. The molecule has 0 saturated heterocycles. The van der Waals surface area contributed by atoms with Crippen LogP contribution in [-0.4, -0.2) is 34.7 Å². The van der Waals surface area contributed by atoms with Crippen molar-refractivity contribution in [2.75, 3.05) is 13.1 Å². The van der Waals surface area contributed by atoms with Crippen molar-refractivity contribution >= 4 is 0 Å². The number of hydrogen-bond acceptors (Lipinski definition) is 2. The normalized spacial score (nSPS) is 28.4. The highest BCUT2D eigenvalue weighted by molar-refractivity contribution is 4.82. The summed E-state index contributed by atoms with van der Waals surface area (Å²) >= 11 is 0. The lowest BCUT2D eigenvalue weighted by atomic mass is 9.86. The van der Waals surface area contributed by atoms with Gasteiger partial charge < -0.3 is 5.11 Å². The van der Waals surface area contributed by atoms with Gasteiger partial charge in [0.1, 0.15) is 0 Å². The molecule has 0 aromatic rings. The van der Waals surface area contributed by atoms with Gasteiger partial charge in [-0.3, -0.25) is 4.90 Å². The molecule has 2 unspecified atom stereocenters. The van der Waals surface area contributed by atoms with Gasteiger partial charge in [0.2, 0.25) is 0 Å². The first-order chi connectivity index (χ1) is 6.92. The summed E-state index contributed by atoms with van der Waals surface area (Å²) < 4.78 is 0. The van der Waals surface area contributed by atoms with E-state index in [1.165, 1.54) is 25.7 Å². The average molecular weight is 213 g/mol. The van der Waals surface area contributed by atoms with E-state index < -0.39 is 5.60 Å². The molecule has 2 nitrogen and oxygen atoms in total. The van der Waals surface area contributed by atoms with E-state index in [9.17, 15) is 5.11 Å². The Morgan fingerprint density at radius 2 is 2.00 bits per heavy atom. The smallest absolute Gasteiger partial charge is 0.0718 e. The molecule has 0 aromatic heterocycles. The van der Waals surface area contributed by atoms with Gasteiger partial charge in [-0.15, -0.1) is 0 Å². The predicted molar refractivity (Wildman–Crippen MR) is 65.0 cm³/mol. The standard InChI is InChI=1S/C13H27NO/c1-5-14(10-13(3,4)15)12-8-6-7-11(2)9-12/h11-12,15H,5-10H2,1-4H3. The molecule has 2 atom stereocenters. The first-order valence-corrected chi connectivity index (χ1v) is 6.39. The van der Waals surface area contributed by atoms with Gasteiger partial charge >= 0.3 is 0 Å². The lowest BCUT2D eigenvalue weighted by Crippen LogP contribution is -2.45. The van der Waals surface area contributed by atoms with Crippen LogP contribution in [0.15, 0.2) is 0 Å². The zero-order valence-electron chi connectivity index (χ0n) is 10.8. The van der Waals surface area contributed by atoms with Crippen molar-refractivity contribution in [2.24, 2.45) is 5.92 Å². The largest absolute Gasteiger partial charge is 0.389 e. The Kier molecular flexibility index (Phi) is 4.60. The van der Waals surface area contributed by atoms with Gasteiger partial charge in [-0.2, -0.15) is 0 Å². The van der Waals surface area contributed by atoms with E-state index in [0.29, 0.717) is 6.04 Å². The van der Waals surface area contributed by atoms with Crippen molar-refractivity contribution < 1.29 is 5.11 Å². The third-order valence-corrected chi connectivity index (χ3v) is 3.42. The van der Waals surface area contributed by atoms with Crippen molar-refractivity contribution in [3.8, 4) is 0 Å². The van der Waals surface area contributed by atoms with Gasteiger partial charge in [-0.1, -0.05) is 26.7 Å². The summed E-state index contributed by atoms with van der Waals surface area (Å²) in [4.78, 5) is 2.45. The van der Waals surface area contributed by atoms with Gasteiger partial charge in [0.05, 0.1) is 5.60 Å². The topological polar surface area (TPSA) is 23.5 Å². The van der Waals surface area contributed by atoms with Crippen LogP contribution < -0.4 is 0 Å². The van der Waals surface area contributed by atoms with E-state index in [4.69, 9.17) is 0 Å². The monoisotopic (exact) mass is 213 g/mol. The highest BCUT2D eigenvalue weighted by atomic mass is 16.3. The molecular weight excluding hydrogens is 186 g/mol. The molecular formula is C13H27NO. The Hall–Kier alpha value is -0.0800. The molecule has 0 radical (unpaired) electrons. The Morgan fingerprint density at radius 3 is 2.47 bits per heavy atom. The van der Waals surface area contributed by atoms with Crippen LogP contribution in [0.2, 0.25) is 0 Å². The van der Waals surface area contributed by atoms with Gasteiger partial charge in [-0.05, 0) is 39.2 Å². The maximum Gasteiger partial charge on any atom is 0.0718 e. The minimum absolute atomic E-state index is 0.559. The first kappa shape index (κ1) is 13.0. The Morgan fingerprint density at radius 1 is 1.33 bits per heavy atom. The number of hydrogen-bond donors (Lipinski definition) is 1. The fraction of sp³-hybridized carbons (Fsp3) is 1.00. The van der Waals surface area contributed by atoms with Crippen molar-refractivity contribution in [1.29, 1.82) is 0 Å². The molecule has 0 aromatic carbocycles. The summed E-state index contributed by atoms with van der Waals surface area (Å²) in [5, 5.41) is 9.87. The van der Waals surface area contributed by atoms with Crippen molar-refractivity contribution in [2.45, 2.75) is 65.0 Å². The molecule has 1 aliphatic rings. The molecule has 1 fully saturated rings. The molecule has 1 N–H and O–H groups in total. The minimum Gasteiger partial charge on any atom is -0.389 e. The number of aliphatic hydroxyl groups is 1. The highest BCUT2D eigenvalue weighted by Gasteiger charge is 2.27. The summed E-state index contributed by atoms with van der Waals surface area (Å²) in [5.41, 5.74) is -0.559. The average Bonchev–Trinajstić information content (AvgIpc) is 2.13. The van der Waals surface area contributed by atoms with E-state index in [0.717, 1.165) is 19.0 Å². The highest BCUT2D eigenvalue weighted by Crippen LogP contribution is 2.27. The third kappa shape index (κ3) is 4.52. The summed E-state index contributed by atoms with van der Waals surface area (Å²) in [7, 11) is 0. The van der Waals surface area contributed by atoms with E-state index in [1.807, 2.05) is 13.8 Å². The van der Waals surface area contributed by atoms with Crippen molar-refractivity contribution in [3.05, 3.63) is 0 Å². The SMILES string of the molecule is CCN(CC(C)(C)O)C1CCCC(C)C1. The zero-order valence-corrected chi connectivity index (χ0v) is 10.8. The molecule has 1 aliphatic carbocycles. The molecule has 0 amide bonds. The van der Waals surface area contributed by atoms with Crippen LogP contribution in [-0.2, 0) is 0 Å². The third-order valence-electron chi connectivity index (χ3n) is 3.42. The van der Waals surface area contributed by atoms with Gasteiger partial charge in [-0.25, -0.2) is 0 Å². The maximum absolute atomic E-state index is 9.87. The predicted octanol–water partition coefficient (Wildman–Crippen LogP) is 2.66. The second kappa shape index (κ2) is 5.31.